The molecule has 0 amide bonds. The third kappa shape index (κ3) is 4.43. The minimum absolute atomic E-state index is 0.120. The van der Waals surface area contributed by atoms with Gasteiger partial charge in [-0.25, -0.2) is 0 Å². The second-order valence-electron chi connectivity index (χ2n) is 16.9. The Morgan fingerprint density at radius 2 is 0.966 bits per heavy atom. The number of hydrogen-bond donors (Lipinski definition) is 0. The third-order valence-corrected chi connectivity index (χ3v) is 13.1. The normalized spacial score (nSPS) is 15.7. The molecular weight excluding hydrogens is 703 g/mol. The van der Waals surface area contributed by atoms with Crippen LogP contribution in [0.5, 0.6) is 0 Å². The molecule has 9 aromatic carbocycles. The zero-order chi connectivity index (χ0) is 43.3. The van der Waals surface area contributed by atoms with E-state index in [1.165, 1.54) is 44.5 Å². The lowest BCUT2D eigenvalue weighted by Crippen LogP contribution is -2.18. The van der Waals surface area contributed by atoms with Crippen molar-refractivity contribution >= 4 is 60.5 Å². The van der Waals surface area contributed by atoms with Crippen LogP contribution in [-0.2, 0) is 10.8 Å². The van der Waals surface area contributed by atoms with Gasteiger partial charge in [0.15, 0.2) is 0 Å². The van der Waals surface area contributed by atoms with Crippen LogP contribution < -0.4 is 4.90 Å². The highest BCUT2D eigenvalue weighted by atomic mass is 16.3. The summed E-state index contributed by atoms with van der Waals surface area (Å²) in [6.45, 7) is 9.10. The van der Waals surface area contributed by atoms with Crippen LogP contribution in [-0.4, -0.2) is 0 Å². The Morgan fingerprint density at radius 3 is 1.57 bits per heavy atom. The van der Waals surface area contributed by atoms with E-state index in [0.29, 0.717) is 27.8 Å². The van der Waals surface area contributed by atoms with E-state index in [4.69, 9.17) is 8.53 Å². The van der Waals surface area contributed by atoms with Gasteiger partial charge in [0.1, 0.15) is 11.2 Å². The van der Waals surface area contributed by atoms with Gasteiger partial charge in [-0.2, -0.15) is 0 Å². The highest BCUT2D eigenvalue weighted by Crippen LogP contribution is 2.55. The Morgan fingerprint density at radius 1 is 0.466 bits per heavy atom. The second-order valence-corrected chi connectivity index (χ2v) is 16.9. The van der Waals surface area contributed by atoms with Gasteiger partial charge in [-0.3, -0.25) is 0 Å². The molecule has 10 aromatic rings. The van der Waals surface area contributed by atoms with Gasteiger partial charge in [-0.05, 0) is 103 Å². The molecule has 0 radical (unpaired) electrons. The van der Waals surface area contributed by atoms with Crippen LogP contribution in [0, 0.1) is 0 Å². The molecule has 1 aromatic heterocycles. The molecule has 12 rings (SSSR count). The fourth-order valence-corrected chi connectivity index (χ4v) is 10.4. The molecule has 1 heterocycles. The predicted octanol–water partition coefficient (Wildman–Crippen LogP) is 15.6. The van der Waals surface area contributed by atoms with Crippen LogP contribution >= 0.6 is 0 Å². The van der Waals surface area contributed by atoms with Crippen molar-refractivity contribution < 1.29 is 11.3 Å². The summed E-state index contributed by atoms with van der Waals surface area (Å²) in [5, 5.41) is 5.51. The quantitative estimate of drug-likeness (QED) is 0.167. The molecule has 2 nitrogen and oxygen atoms in total. The largest absolute Gasteiger partial charge is 0.455 e. The third-order valence-electron chi connectivity index (χ3n) is 13.1. The zero-order valence-electron chi connectivity index (χ0n) is 37.7. The smallest absolute Gasteiger partial charge is 0.143 e. The number of rotatable bonds is 4. The van der Waals surface area contributed by atoms with Crippen molar-refractivity contribution in [2.24, 2.45) is 0 Å². The van der Waals surface area contributed by atoms with Crippen molar-refractivity contribution in [3.63, 3.8) is 0 Å². The van der Waals surface area contributed by atoms with Crippen LogP contribution in [0.25, 0.3) is 76.9 Å². The number of benzene rings is 9. The lowest BCUT2D eigenvalue weighted by atomic mass is 9.82. The van der Waals surface area contributed by atoms with Gasteiger partial charge in [0.25, 0.3) is 0 Å². The average Bonchev–Trinajstić information content (AvgIpc) is 3.89. The maximum atomic E-state index is 9.58. The molecule has 0 unspecified atom stereocenters. The van der Waals surface area contributed by atoms with E-state index in [1.54, 1.807) is 0 Å². The molecule has 0 saturated carbocycles. The van der Waals surface area contributed by atoms with E-state index < -0.39 is 18.1 Å². The molecule has 0 aliphatic heterocycles. The summed E-state index contributed by atoms with van der Waals surface area (Å²) in [6.07, 6.45) is 0. The van der Waals surface area contributed by atoms with Gasteiger partial charge in [0, 0.05) is 43.9 Å². The molecule has 0 fully saturated rings. The Labute approximate surface area is 345 Å². The summed E-state index contributed by atoms with van der Waals surface area (Å²) in [6, 6.07) is 49.3. The van der Waals surface area contributed by atoms with Crippen molar-refractivity contribution in [3.05, 3.63) is 198 Å². The highest BCUT2D eigenvalue weighted by molar-refractivity contribution is 6.33. The Balaban J connectivity index is 1.25. The molecule has 58 heavy (non-hydrogen) atoms. The first-order valence-corrected chi connectivity index (χ1v) is 20.0. The Kier molecular flexibility index (Phi) is 5.80. The van der Waals surface area contributed by atoms with Gasteiger partial charge in [0.2, 0.25) is 0 Å². The van der Waals surface area contributed by atoms with Gasteiger partial charge >= 0.3 is 0 Å². The fourth-order valence-electron chi connectivity index (χ4n) is 10.4. The van der Waals surface area contributed by atoms with Crippen LogP contribution in [0.4, 0.5) is 17.1 Å². The van der Waals surface area contributed by atoms with Crippen molar-refractivity contribution in [1.82, 2.24) is 0 Å². The van der Waals surface area contributed by atoms with Crippen LogP contribution in [0.1, 0.15) is 56.8 Å². The number of anilines is 3. The first-order chi connectivity index (χ1) is 30.4. The molecule has 0 saturated heterocycles. The summed E-state index contributed by atoms with van der Waals surface area (Å²) in [4.78, 5) is 2.23. The lowest BCUT2D eigenvalue weighted by Gasteiger charge is -2.31. The zero-order valence-corrected chi connectivity index (χ0v) is 32.7. The summed E-state index contributed by atoms with van der Waals surface area (Å²) in [5.74, 6) is 0. The first kappa shape index (κ1) is 28.5. The van der Waals surface area contributed by atoms with Gasteiger partial charge in [-0.1, -0.05) is 167 Å². The highest BCUT2D eigenvalue weighted by Gasteiger charge is 2.38. The predicted molar refractivity (Wildman–Crippen MR) is 244 cm³/mol. The average molecular weight is 749 g/mol. The SMILES string of the molecule is [2H]c1c([2H])c([2H])c(-c2c(N(c3ccc4c(c3)C(C)(C)c3ccccc3-4)c3ccc4c(c3)C(C)(C)c3ccccc3-4)ccc3oc4c5ccccc5c5ccccc5c4c23)c([2H])c1[2H]. The monoisotopic (exact) mass is 748 g/mol. The molecule has 2 aliphatic carbocycles. The topological polar surface area (TPSA) is 16.4 Å². The number of hydrogen-bond acceptors (Lipinski definition) is 2. The number of fused-ring (bicyclic) bond motifs is 14. The van der Waals surface area contributed by atoms with Gasteiger partial charge < -0.3 is 9.32 Å². The minimum atomic E-state index is -0.436. The molecule has 2 aliphatic rings. The number of nitrogens with zero attached hydrogens (tertiary/aromatic N) is 1. The van der Waals surface area contributed by atoms with Crippen LogP contribution in [0.3, 0.4) is 0 Å². The van der Waals surface area contributed by atoms with Crippen molar-refractivity contribution in [2.45, 2.75) is 38.5 Å². The molecule has 2 heteroatoms. The molecular formula is C56H41NO. The van der Waals surface area contributed by atoms with Crippen molar-refractivity contribution in [2.75, 3.05) is 4.90 Å². The van der Waals surface area contributed by atoms with Gasteiger partial charge in [-0.15, -0.1) is 0 Å². The second kappa shape index (κ2) is 11.8. The molecule has 0 bridgehead atoms. The van der Waals surface area contributed by atoms with E-state index in [-0.39, 0.29) is 28.5 Å². The van der Waals surface area contributed by atoms with E-state index >= 15 is 0 Å². The van der Waals surface area contributed by atoms with E-state index in [1.807, 2.05) is 36.4 Å². The molecule has 276 valence electrons. The maximum Gasteiger partial charge on any atom is 0.143 e. The van der Waals surface area contributed by atoms with E-state index in [2.05, 4.69) is 142 Å². The molecule has 0 spiro atoms. The summed E-state index contributed by atoms with van der Waals surface area (Å²) >= 11 is 0. The molecule has 0 atom stereocenters. The van der Waals surface area contributed by atoms with E-state index in [0.717, 1.165) is 38.3 Å². The maximum absolute atomic E-state index is 9.58. The Bertz CT molecular complexity index is 3520. The van der Waals surface area contributed by atoms with Crippen LogP contribution in [0.2, 0.25) is 0 Å². The summed E-state index contributed by atoms with van der Waals surface area (Å²) in [7, 11) is 0. The van der Waals surface area contributed by atoms with Crippen molar-refractivity contribution in [1.29, 1.82) is 0 Å². The minimum Gasteiger partial charge on any atom is -0.455 e. The van der Waals surface area contributed by atoms with Crippen LogP contribution in [0.15, 0.2) is 180 Å². The lowest BCUT2D eigenvalue weighted by molar-refractivity contribution is 0.660. The van der Waals surface area contributed by atoms with E-state index in [9.17, 15) is 2.74 Å². The number of furan rings is 1. The van der Waals surface area contributed by atoms with Gasteiger partial charge in [0.05, 0.1) is 12.5 Å². The standard InChI is InChI=1S/C56H41NO/c1-55(2)45-24-14-12-20-39(45)41-28-26-35(32-47(41)55)57(36-27-29-42-40-21-13-15-25-46(40)56(3,4)48(42)33-36)49-30-31-50-53(51(49)34-16-6-5-7-17-34)52-43-22-10-8-18-37(43)38-19-9-11-23-44(38)54(52)58-50/h5-33H,1-4H3/i5D,6D,7D,16D,17D. The van der Waals surface area contributed by atoms with Crippen molar-refractivity contribution in [3.8, 4) is 33.4 Å². The first-order valence-electron chi connectivity index (χ1n) is 22.5. The fraction of sp³-hybridized carbons (Fsp3) is 0.107. The summed E-state index contributed by atoms with van der Waals surface area (Å²) in [5.41, 5.74) is 13.5. The molecule has 0 N–H and O–H groups in total. The summed E-state index contributed by atoms with van der Waals surface area (Å²) < 4.78 is 52.8. The Hall–Kier alpha value is -6.90.